The highest BCUT2D eigenvalue weighted by molar-refractivity contribution is 6.22. The van der Waals surface area contributed by atoms with E-state index in [9.17, 15) is 0 Å². The first kappa shape index (κ1) is 20.4. The molecule has 4 aromatic carbocycles. The fraction of sp³-hybridized carbons (Fsp3) is 0.0938. The lowest BCUT2D eigenvalue weighted by Gasteiger charge is -2.05. The van der Waals surface area contributed by atoms with Crippen LogP contribution in [0.4, 0.5) is 5.69 Å². The predicted molar refractivity (Wildman–Crippen MR) is 143 cm³/mol. The summed E-state index contributed by atoms with van der Waals surface area (Å²) in [5, 5.41) is 1.30. The highest BCUT2D eigenvalue weighted by Crippen LogP contribution is 2.38. The summed E-state index contributed by atoms with van der Waals surface area (Å²) in [5.74, 6) is 0. The Morgan fingerprint density at radius 1 is 0.706 bits per heavy atom. The minimum Gasteiger partial charge on any atom is -0.342 e. The van der Waals surface area contributed by atoms with E-state index in [-0.39, 0.29) is 0 Å². The zero-order valence-corrected chi connectivity index (χ0v) is 19.4. The van der Waals surface area contributed by atoms with E-state index in [1.807, 2.05) is 0 Å². The first-order valence-electron chi connectivity index (χ1n) is 11.9. The van der Waals surface area contributed by atoms with Gasteiger partial charge in [-0.3, -0.25) is 0 Å². The normalized spacial score (nSPS) is 14.2. The summed E-state index contributed by atoms with van der Waals surface area (Å²) < 4.78 is 4.76. The molecule has 0 radical (unpaired) electrons. The maximum atomic E-state index is 2.38. The van der Waals surface area contributed by atoms with Crippen molar-refractivity contribution in [2.45, 2.75) is 20.0 Å². The van der Waals surface area contributed by atoms with Crippen LogP contribution in [0.3, 0.4) is 0 Å². The molecule has 0 bridgehead atoms. The van der Waals surface area contributed by atoms with Gasteiger partial charge in [-0.15, -0.1) is 0 Å². The molecule has 34 heavy (non-hydrogen) atoms. The maximum absolute atomic E-state index is 2.38. The number of para-hydroxylation sites is 2. The number of rotatable bonds is 5. The Hall–Kier alpha value is -4.17. The molecule has 0 spiro atoms. The lowest BCUT2D eigenvalue weighted by atomic mass is 9.97. The van der Waals surface area contributed by atoms with Crippen LogP contribution in [-0.2, 0) is 13.1 Å². The lowest BCUT2D eigenvalue weighted by Crippen LogP contribution is -2.03. The van der Waals surface area contributed by atoms with Crippen LogP contribution in [0.5, 0.6) is 0 Å². The molecule has 164 valence electrons. The van der Waals surface area contributed by atoms with Crippen LogP contribution in [0, 0.1) is 0 Å². The zero-order chi connectivity index (χ0) is 22.9. The molecule has 2 heteroatoms. The Morgan fingerprint density at radius 2 is 1.35 bits per heavy atom. The molecule has 0 fully saturated rings. The Balaban J connectivity index is 1.48. The van der Waals surface area contributed by atoms with Crippen LogP contribution >= 0.6 is 0 Å². The molecular formula is C32H27N2+. The fourth-order valence-electron chi connectivity index (χ4n) is 5.06. The molecule has 0 N–H and O–H groups in total. The van der Waals surface area contributed by atoms with Crippen molar-refractivity contribution in [2.75, 3.05) is 0 Å². The summed E-state index contributed by atoms with van der Waals surface area (Å²) in [4.78, 5) is 0. The van der Waals surface area contributed by atoms with E-state index in [0.29, 0.717) is 0 Å². The topological polar surface area (TPSA) is 7.94 Å². The van der Waals surface area contributed by atoms with E-state index in [1.54, 1.807) is 0 Å². The average molecular weight is 440 g/mol. The number of hydrogen-bond donors (Lipinski definition) is 0. The Morgan fingerprint density at radius 3 is 2.15 bits per heavy atom. The van der Waals surface area contributed by atoms with Gasteiger partial charge in [0.15, 0.2) is 12.8 Å². The third kappa shape index (κ3) is 3.68. The molecule has 0 amide bonds. The highest BCUT2D eigenvalue weighted by Gasteiger charge is 2.28. The van der Waals surface area contributed by atoms with Crippen LogP contribution in [0.15, 0.2) is 115 Å². The second-order valence-corrected chi connectivity index (χ2v) is 8.97. The molecule has 2 nitrogen and oxygen atoms in total. The van der Waals surface area contributed by atoms with Gasteiger partial charge in [0.1, 0.15) is 0 Å². The molecular weight excluding hydrogens is 412 g/mol. The summed E-state index contributed by atoms with van der Waals surface area (Å²) in [6, 6.07) is 38.9. The van der Waals surface area contributed by atoms with Gasteiger partial charge in [0.05, 0.1) is 11.1 Å². The summed E-state index contributed by atoms with van der Waals surface area (Å²) in [6.45, 7) is 4.00. The summed E-state index contributed by atoms with van der Waals surface area (Å²) in [6.07, 6.45) is 4.66. The quantitative estimate of drug-likeness (QED) is 0.250. The van der Waals surface area contributed by atoms with E-state index in [1.165, 1.54) is 50.0 Å². The largest absolute Gasteiger partial charge is 0.342 e. The van der Waals surface area contributed by atoms with Crippen molar-refractivity contribution >= 4 is 34.0 Å². The first-order chi connectivity index (χ1) is 16.8. The van der Waals surface area contributed by atoms with Crippen LogP contribution in [-0.4, -0.2) is 15.4 Å². The van der Waals surface area contributed by atoms with Crippen molar-refractivity contribution in [3.8, 4) is 0 Å². The van der Waals surface area contributed by atoms with Crippen LogP contribution in [0.2, 0.25) is 0 Å². The second kappa shape index (κ2) is 8.64. The minimum atomic E-state index is 0.865. The molecule has 0 atom stereocenters. The second-order valence-electron chi connectivity index (χ2n) is 8.97. The van der Waals surface area contributed by atoms with Crippen molar-refractivity contribution in [1.82, 2.24) is 4.57 Å². The standard InChI is InChI=1S/C32H27N2/c1-24(29-22-33(20-25-12-4-2-5-13-25)31-18-10-8-16-27(29)31)30-23-34(21-26-14-6-3-7-15-26)32-19-11-9-17-28(30)32/h2-19,22-23H,20-21H2,1H3/q+1. The lowest BCUT2D eigenvalue weighted by molar-refractivity contribution is -0.449. The van der Waals surface area contributed by atoms with E-state index in [4.69, 9.17) is 0 Å². The van der Waals surface area contributed by atoms with E-state index < -0.39 is 0 Å². The van der Waals surface area contributed by atoms with Gasteiger partial charge in [0, 0.05) is 40.8 Å². The van der Waals surface area contributed by atoms with Gasteiger partial charge in [0.25, 0.3) is 0 Å². The van der Waals surface area contributed by atoms with Crippen molar-refractivity contribution in [1.29, 1.82) is 0 Å². The molecule has 0 unspecified atom stereocenters. The number of fused-ring (bicyclic) bond motifs is 2. The molecule has 0 saturated carbocycles. The van der Waals surface area contributed by atoms with E-state index in [2.05, 4.69) is 138 Å². The SMILES string of the molecule is C/C(=C1\C=[N+](Cc2ccccc2)c2ccccc21)c1cn(Cc2ccccc2)c2ccccc12. The van der Waals surface area contributed by atoms with Crippen molar-refractivity contribution in [2.24, 2.45) is 0 Å². The number of nitrogens with zero attached hydrogens (tertiary/aromatic N) is 2. The Labute approximate surface area is 200 Å². The predicted octanol–water partition coefficient (Wildman–Crippen LogP) is 7.55. The van der Waals surface area contributed by atoms with Gasteiger partial charge in [-0.05, 0) is 30.2 Å². The van der Waals surface area contributed by atoms with Gasteiger partial charge < -0.3 is 4.57 Å². The summed E-state index contributed by atoms with van der Waals surface area (Å²) in [7, 11) is 0. The maximum Gasteiger partial charge on any atom is 0.213 e. The first-order valence-corrected chi connectivity index (χ1v) is 11.9. The molecule has 1 aliphatic heterocycles. The third-order valence-electron chi connectivity index (χ3n) is 6.78. The van der Waals surface area contributed by atoms with Gasteiger partial charge >= 0.3 is 0 Å². The highest BCUT2D eigenvalue weighted by atomic mass is 15.0. The summed E-state index contributed by atoms with van der Waals surface area (Å²) >= 11 is 0. The molecule has 0 aliphatic carbocycles. The Kier molecular flexibility index (Phi) is 5.20. The van der Waals surface area contributed by atoms with Crippen molar-refractivity contribution in [3.05, 3.63) is 138 Å². The minimum absolute atomic E-state index is 0.865. The van der Waals surface area contributed by atoms with Crippen LogP contribution in [0.25, 0.3) is 22.0 Å². The molecule has 1 aliphatic rings. The van der Waals surface area contributed by atoms with E-state index in [0.717, 1.165) is 13.1 Å². The smallest absolute Gasteiger partial charge is 0.213 e. The zero-order valence-electron chi connectivity index (χ0n) is 19.4. The number of allylic oxidation sites excluding steroid dienone is 2. The summed E-state index contributed by atoms with van der Waals surface area (Å²) in [5.41, 5.74) is 10.4. The van der Waals surface area contributed by atoms with E-state index >= 15 is 0 Å². The van der Waals surface area contributed by atoms with Crippen LogP contribution in [0.1, 0.15) is 29.2 Å². The Bertz CT molecular complexity index is 1540. The monoisotopic (exact) mass is 439 g/mol. The van der Waals surface area contributed by atoms with Gasteiger partial charge in [-0.25, -0.2) is 0 Å². The molecule has 2 heterocycles. The molecule has 6 rings (SSSR count). The van der Waals surface area contributed by atoms with Crippen molar-refractivity contribution in [3.63, 3.8) is 0 Å². The fourth-order valence-corrected chi connectivity index (χ4v) is 5.06. The van der Waals surface area contributed by atoms with Crippen molar-refractivity contribution < 1.29 is 4.58 Å². The van der Waals surface area contributed by atoms with Crippen LogP contribution < -0.4 is 0 Å². The number of aromatic nitrogens is 1. The van der Waals surface area contributed by atoms with Gasteiger partial charge in [0.2, 0.25) is 5.69 Å². The molecule has 5 aromatic rings. The van der Waals surface area contributed by atoms with Gasteiger partial charge in [-0.2, -0.15) is 4.58 Å². The molecule has 1 aromatic heterocycles. The third-order valence-corrected chi connectivity index (χ3v) is 6.78. The number of benzene rings is 4. The molecule has 0 saturated heterocycles. The number of hydrogen-bond acceptors (Lipinski definition) is 0. The van der Waals surface area contributed by atoms with Gasteiger partial charge in [-0.1, -0.05) is 91.0 Å². The average Bonchev–Trinajstić information content (AvgIpc) is 3.44.